The summed E-state index contributed by atoms with van der Waals surface area (Å²) in [4.78, 5) is 3.72. The van der Waals surface area contributed by atoms with Gasteiger partial charge < -0.3 is 10.6 Å². The molecule has 0 fully saturated rings. The van der Waals surface area contributed by atoms with Crippen molar-refractivity contribution < 1.29 is 0 Å². The fourth-order valence-corrected chi connectivity index (χ4v) is 3.25. The summed E-state index contributed by atoms with van der Waals surface area (Å²) in [6.45, 7) is 6.47. The molecule has 1 aromatic heterocycles. The minimum absolute atomic E-state index is 0.210. The van der Waals surface area contributed by atoms with Crippen LogP contribution in [0.2, 0.25) is 0 Å². The molecule has 20 heavy (non-hydrogen) atoms. The molecule has 0 saturated heterocycles. The molecular weight excluding hydrogens is 264 g/mol. The van der Waals surface area contributed by atoms with Crippen LogP contribution in [0.25, 0.3) is 0 Å². The van der Waals surface area contributed by atoms with Gasteiger partial charge in [0.2, 0.25) is 0 Å². The number of hydrogen-bond donors (Lipinski definition) is 1. The number of rotatable bonds is 5. The Kier molecular flexibility index (Phi) is 4.84. The minimum atomic E-state index is 0.210. The van der Waals surface area contributed by atoms with E-state index in [1.54, 1.807) is 0 Å². The number of thiophene rings is 1. The molecule has 0 spiro atoms. The monoisotopic (exact) mass is 288 g/mol. The van der Waals surface area contributed by atoms with E-state index < -0.39 is 0 Å². The summed E-state index contributed by atoms with van der Waals surface area (Å²) in [5.74, 6) is 0. The molecule has 3 heteroatoms. The van der Waals surface area contributed by atoms with E-state index in [-0.39, 0.29) is 6.04 Å². The summed E-state index contributed by atoms with van der Waals surface area (Å²) < 4.78 is 0. The zero-order valence-electron chi connectivity index (χ0n) is 12.8. The fourth-order valence-electron chi connectivity index (χ4n) is 2.42. The number of aryl methyl sites for hydroxylation is 1. The Morgan fingerprint density at radius 3 is 2.55 bits per heavy atom. The van der Waals surface area contributed by atoms with Crippen LogP contribution in [0.15, 0.2) is 35.7 Å². The molecular formula is C17H24N2S. The number of hydrogen-bond acceptors (Lipinski definition) is 3. The third-order valence-electron chi connectivity index (χ3n) is 3.81. The van der Waals surface area contributed by atoms with Gasteiger partial charge in [-0.05, 0) is 61.9 Å². The molecule has 1 heterocycles. The summed E-state index contributed by atoms with van der Waals surface area (Å²) in [5.41, 5.74) is 9.83. The number of nitrogens with zero attached hydrogens (tertiary/aromatic N) is 1. The lowest BCUT2D eigenvalue weighted by molar-refractivity contribution is 0.732. The molecule has 108 valence electrons. The molecule has 2 nitrogen and oxygen atoms in total. The van der Waals surface area contributed by atoms with Crippen LogP contribution >= 0.6 is 11.3 Å². The molecule has 0 amide bonds. The summed E-state index contributed by atoms with van der Waals surface area (Å²) in [6.07, 6.45) is 0.941. The van der Waals surface area contributed by atoms with Crippen molar-refractivity contribution in [3.63, 3.8) is 0 Å². The van der Waals surface area contributed by atoms with Crippen molar-refractivity contribution in [1.82, 2.24) is 0 Å². The van der Waals surface area contributed by atoms with Gasteiger partial charge in [0, 0.05) is 23.7 Å². The van der Waals surface area contributed by atoms with Crippen LogP contribution < -0.4 is 10.6 Å². The van der Waals surface area contributed by atoms with Crippen molar-refractivity contribution in [1.29, 1.82) is 0 Å². The van der Waals surface area contributed by atoms with Crippen LogP contribution in [0.5, 0.6) is 0 Å². The predicted molar refractivity (Wildman–Crippen MR) is 89.7 cm³/mol. The standard InChI is InChI=1S/C17H24N2S/c1-12-10-16(8-7-15(12)11-13(2)18)19(4)14(3)17-6-5-9-20-17/h5-10,13-14H,11,18H2,1-4H3. The van der Waals surface area contributed by atoms with Crippen LogP contribution in [-0.2, 0) is 6.42 Å². The molecule has 0 bridgehead atoms. The summed E-state index contributed by atoms with van der Waals surface area (Å²) in [5, 5.41) is 2.14. The van der Waals surface area contributed by atoms with E-state index in [0.29, 0.717) is 6.04 Å². The maximum atomic E-state index is 5.89. The van der Waals surface area contributed by atoms with Gasteiger partial charge in [0.15, 0.2) is 0 Å². The average Bonchev–Trinajstić information content (AvgIpc) is 2.93. The van der Waals surface area contributed by atoms with E-state index in [1.165, 1.54) is 21.7 Å². The van der Waals surface area contributed by atoms with Gasteiger partial charge >= 0.3 is 0 Å². The number of nitrogens with two attached hydrogens (primary N) is 1. The van der Waals surface area contributed by atoms with Gasteiger partial charge in [-0.1, -0.05) is 12.1 Å². The first-order valence-corrected chi connectivity index (χ1v) is 7.98. The Labute approximate surface area is 126 Å². The fraction of sp³-hybridized carbons (Fsp3) is 0.412. The van der Waals surface area contributed by atoms with Crippen LogP contribution in [0.1, 0.15) is 35.9 Å². The first-order valence-electron chi connectivity index (χ1n) is 7.10. The molecule has 0 aliphatic rings. The zero-order valence-corrected chi connectivity index (χ0v) is 13.6. The van der Waals surface area contributed by atoms with Crippen molar-refractivity contribution >= 4 is 17.0 Å². The Morgan fingerprint density at radius 1 is 1.25 bits per heavy atom. The Balaban J connectivity index is 2.18. The van der Waals surface area contributed by atoms with Crippen LogP contribution in [0.4, 0.5) is 5.69 Å². The molecule has 2 aromatic rings. The van der Waals surface area contributed by atoms with Crippen molar-refractivity contribution in [2.24, 2.45) is 5.73 Å². The maximum absolute atomic E-state index is 5.89. The molecule has 0 saturated carbocycles. The highest BCUT2D eigenvalue weighted by atomic mass is 32.1. The Hall–Kier alpha value is -1.32. The van der Waals surface area contributed by atoms with Crippen LogP contribution in [0, 0.1) is 6.92 Å². The summed E-state index contributed by atoms with van der Waals surface area (Å²) in [6, 6.07) is 11.6. The molecule has 2 rings (SSSR count). The second-order valence-corrected chi connectivity index (χ2v) is 6.57. The highest BCUT2D eigenvalue weighted by Gasteiger charge is 2.14. The zero-order chi connectivity index (χ0) is 14.7. The van der Waals surface area contributed by atoms with Crippen LogP contribution in [-0.4, -0.2) is 13.1 Å². The summed E-state index contributed by atoms with van der Waals surface area (Å²) >= 11 is 1.81. The summed E-state index contributed by atoms with van der Waals surface area (Å²) in [7, 11) is 2.16. The van der Waals surface area contributed by atoms with Gasteiger partial charge in [0.05, 0.1) is 6.04 Å². The largest absolute Gasteiger partial charge is 0.367 e. The first-order chi connectivity index (χ1) is 9.49. The SMILES string of the molecule is Cc1cc(N(C)C(C)c2cccs2)ccc1CC(C)N. The first kappa shape index (κ1) is 15.1. The quantitative estimate of drug-likeness (QED) is 0.896. The molecule has 0 aliphatic heterocycles. The van der Waals surface area contributed by atoms with E-state index in [2.05, 4.69) is 68.4 Å². The smallest absolute Gasteiger partial charge is 0.0603 e. The van der Waals surface area contributed by atoms with Crippen LogP contribution in [0.3, 0.4) is 0 Å². The van der Waals surface area contributed by atoms with Crippen molar-refractivity contribution in [2.75, 3.05) is 11.9 Å². The van der Waals surface area contributed by atoms with Gasteiger partial charge in [-0.2, -0.15) is 0 Å². The highest BCUT2D eigenvalue weighted by molar-refractivity contribution is 7.10. The lowest BCUT2D eigenvalue weighted by atomic mass is 10.0. The van der Waals surface area contributed by atoms with Crippen molar-refractivity contribution in [3.05, 3.63) is 51.7 Å². The van der Waals surface area contributed by atoms with E-state index in [4.69, 9.17) is 5.73 Å². The number of benzene rings is 1. The van der Waals surface area contributed by atoms with E-state index in [9.17, 15) is 0 Å². The van der Waals surface area contributed by atoms with Gasteiger partial charge in [-0.3, -0.25) is 0 Å². The van der Waals surface area contributed by atoms with E-state index >= 15 is 0 Å². The molecule has 2 unspecified atom stereocenters. The van der Waals surface area contributed by atoms with E-state index in [1.807, 2.05) is 11.3 Å². The highest BCUT2D eigenvalue weighted by Crippen LogP contribution is 2.29. The second-order valence-electron chi connectivity index (χ2n) is 5.59. The number of anilines is 1. The lowest BCUT2D eigenvalue weighted by Gasteiger charge is -2.27. The van der Waals surface area contributed by atoms with E-state index in [0.717, 1.165) is 6.42 Å². The molecule has 0 radical (unpaired) electrons. The van der Waals surface area contributed by atoms with Gasteiger partial charge in [0.25, 0.3) is 0 Å². The van der Waals surface area contributed by atoms with Crippen molar-refractivity contribution in [2.45, 2.75) is 39.3 Å². The Morgan fingerprint density at radius 2 is 2.00 bits per heavy atom. The average molecular weight is 288 g/mol. The maximum Gasteiger partial charge on any atom is 0.0603 e. The molecule has 0 aliphatic carbocycles. The molecule has 1 aromatic carbocycles. The van der Waals surface area contributed by atoms with Gasteiger partial charge in [0.1, 0.15) is 0 Å². The topological polar surface area (TPSA) is 29.3 Å². The predicted octanol–water partition coefficient (Wildman–Crippen LogP) is 4.14. The second kappa shape index (κ2) is 6.42. The molecule has 2 atom stereocenters. The lowest BCUT2D eigenvalue weighted by Crippen LogP contribution is -2.21. The normalized spacial score (nSPS) is 14.1. The minimum Gasteiger partial charge on any atom is -0.367 e. The molecule has 2 N–H and O–H groups in total. The van der Waals surface area contributed by atoms with Crippen molar-refractivity contribution in [3.8, 4) is 0 Å². The Bertz CT molecular complexity index is 546. The van der Waals surface area contributed by atoms with Gasteiger partial charge in [-0.15, -0.1) is 11.3 Å². The van der Waals surface area contributed by atoms with Gasteiger partial charge in [-0.25, -0.2) is 0 Å². The third kappa shape index (κ3) is 3.41. The third-order valence-corrected chi connectivity index (χ3v) is 4.85.